The van der Waals surface area contributed by atoms with Gasteiger partial charge in [-0.25, -0.2) is 0 Å². The first-order chi connectivity index (χ1) is 11.9. The zero-order valence-electron chi connectivity index (χ0n) is 12.9. The quantitative estimate of drug-likeness (QED) is 0.371. The second-order valence-corrected chi connectivity index (χ2v) is 6.15. The molecule has 0 atom stereocenters. The zero-order valence-corrected chi connectivity index (χ0v) is 14.4. The monoisotopic (exact) mass is 402 g/mol. The lowest BCUT2D eigenvalue weighted by molar-refractivity contribution is -0.384. The SMILES string of the molecule is Cc1ccc(C(=O)N=Nc2c(O)[nH]c3ccc([N+](=O)[O-])cc23)c(Br)c1. The molecule has 0 spiro atoms. The van der Waals surface area contributed by atoms with Crippen LogP contribution >= 0.6 is 15.9 Å². The van der Waals surface area contributed by atoms with Crippen LogP contribution in [0.15, 0.2) is 51.1 Å². The topological polar surface area (TPSA) is 121 Å². The molecule has 1 amide bonds. The van der Waals surface area contributed by atoms with Gasteiger partial charge in [-0.1, -0.05) is 6.07 Å². The third kappa shape index (κ3) is 3.26. The molecule has 0 saturated carbocycles. The van der Waals surface area contributed by atoms with Crippen LogP contribution in [0.25, 0.3) is 10.9 Å². The Morgan fingerprint density at radius 1 is 1.28 bits per heavy atom. The van der Waals surface area contributed by atoms with Gasteiger partial charge in [0.2, 0.25) is 5.88 Å². The van der Waals surface area contributed by atoms with Crippen molar-refractivity contribution in [1.29, 1.82) is 0 Å². The van der Waals surface area contributed by atoms with Gasteiger partial charge in [0.15, 0.2) is 5.69 Å². The Kier molecular flexibility index (Phi) is 4.32. The molecule has 2 N–H and O–H groups in total. The van der Waals surface area contributed by atoms with Crippen LogP contribution < -0.4 is 0 Å². The van der Waals surface area contributed by atoms with Crippen molar-refractivity contribution in [2.45, 2.75) is 6.92 Å². The van der Waals surface area contributed by atoms with Crippen LogP contribution in [0.5, 0.6) is 5.88 Å². The van der Waals surface area contributed by atoms with E-state index in [0.29, 0.717) is 20.9 Å². The number of aryl methyl sites for hydroxylation is 1. The molecular formula is C16H11BrN4O4. The van der Waals surface area contributed by atoms with E-state index >= 15 is 0 Å². The van der Waals surface area contributed by atoms with Crippen molar-refractivity contribution < 1.29 is 14.8 Å². The molecule has 8 nitrogen and oxygen atoms in total. The first-order valence-electron chi connectivity index (χ1n) is 7.08. The minimum atomic E-state index is -0.606. The Bertz CT molecular complexity index is 1040. The van der Waals surface area contributed by atoms with Crippen LogP contribution in [-0.4, -0.2) is 20.9 Å². The van der Waals surface area contributed by atoms with Gasteiger partial charge in [0, 0.05) is 22.0 Å². The third-order valence-electron chi connectivity index (χ3n) is 3.54. The standard InChI is InChI=1S/C16H11BrN4O4/c1-8-2-4-10(12(17)6-8)15(22)20-19-14-11-7-9(21(24)25)3-5-13(11)18-16(14)23/h2-7,18,23H,1H3. The lowest BCUT2D eigenvalue weighted by atomic mass is 10.1. The summed E-state index contributed by atoms with van der Waals surface area (Å²) in [6.07, 6.45) is 0. The van der Waals surface area contributed by atoms with E-state index in [1.54, 1.807) is 18.2 Å². The summed E-state index contributed by atoms with van der Waals surface area (Å²) in [6, 6.07) is 9.15. The van der Waals surface area contributed by atoms with Crippen LogP contribution in [0.3, 0.4) is 0 Å². The highest BCUT2D eigenvalue weighted by Gasteiger charge is 2.16. The molecule has 2 aromatic carbocycles. The molecule has 1 aromatic heterocycles. The van der Waals surface area contributed by atoms with Crippen LogP contribution in [-0.2, 0) is 0 Å². The number of carbonyl (C=O) groups excluding carboxylic acids is 1. The average molecular weight is 403 g/mol. The fraction of sp³-hybridized carbons (Fsp3) is 0.0625. The Labute approximate surface area is 149 Å². The van der Waals surface area contributed by atoms with Crippen molar-refractivity contribution in [2.24, 2.45) is 10.2 Å². The van der Waals surface area contributed by atoms with Crippen molar-refractivity contribution in [2.75, 3.05) is 0 Å². The van der Waals surface area contributed by atoms with Crippen molar-refractivity contribution in [3.63, 3.8) is 0 Å². The number of aromatic nitrogens is 1. The molecule has 0 radical (unpaired) electrons. The lowest BCUT2D eigenvalue weighted by Gasteiger charge is -2.00. The second-order valence-electron chi connectivity index (χ2n) is 5.30. The number of hydrogen-bond donors (Lipinski definition) is 2. The maximum atomic E-state index is 12.2. The van der Waals surface area contributed by atoms with Crippen LogP contribution in [0.4, 0.5) is 11.4 Å². The number of benzene rings is 2. The van der Waals surface area contributed by atoms with Gasteiger partial charge in [-0.2, -0.15) is 0 Å². The van der Waals surface area contributed by atoms with E-state index in [9.17, 15) is 20.0 Å². The number of hydrogen-bond acceptors (Lipinski definition) is 5. The summed E-state index contributed by atoms with van der Waals surface area (Å²) in [7, 11) is 0. The highest BCUT2D eigenvalue weighted by Crippen LogP contribution is 2.37. The lowest BCUT2D eigenvalue weighted by Crippen LogP contribution is -1.95. The molecule has 9 heteroatoms. The minimum absolute atomic E-state index is 0.0321. The minimum Gasteiger partial charge on any atom is -0.493 e. The number of nitrogens with one attached hydrogen (secondary N) is 1. The molecule has 3 aromatic rings. The molecule has 0 aliphatic rings. The first kappa shape index (κ1) is 16.8. The van der Waals surface area contributed by atoms with Gasteiger partial charge in [-0.15, -0.1) is 10.2 Å². The number of halogens is 1. The van der Waals surface area contributed by atoms with Gasteiger partial charge < -0.3 is 10.1 Å². The number of nitrogens with zero attached hydrogens (tertiary/aromatic N) is 3. The molecule has 0 saturated heterocycles. The Morgan fingerprint density at radius 2 is 2.04 bits per heavy atom. The predicted molar refractivity (Wildman–Crippen MR) is 94.3 cm³/mol. The predicted octanol–water partition coefficient (Wildman–Crippen LogP) is 4.78. The number of rotatable bonds is 3. The molecule has 0 fully saturated rings. The second kappa shape index (κ2) is 6.44. The van der Waals surface area contributed by atoms with Gasteiger partial charge in [-0.3, -0.25) is 14.9 Å². The smallest absolute Gasteiger partial charge is 0.296 e. The summed E-state index contributed by atoms with van der Waals surface area (Å²) in [5.74, 6) is -0.930. The molecule has 126 valence electrons. The van der Waals surface area contributed by atoms with Gasteiger partial charge in [-0.05, 0) is 46.6 Å². The van der Waals surface area contributed by atoms with Crippen molar-refractivity contribution in [3.8, 4) is 5.88 Å². The zero-order chi connectivity index (χ0) is 18.1. The number of fused-ring (bicyclic) bond motifs is 1. The molecule has 0 bridgehead atoms. The summed E-state index contributed by atoms with van der Waals surface area (Å²) in [6.45, 7) is 1.89. The van der Waals surface area contributed by atoms with Gasteiger partial charge in [0.05, 0.1) is 16.0 Å². The van der Waals surface area contributed by atoms with E-state index in [1.165, 1.54) is 18.2 Å². The molecule has 3 rings (SSSR count). The molecule has 25 heavy (non-hydrogen) atoms. The summed E-state index contributed by atoms with van der Waals surface area (Å²) in [5, 5.41) is 28.5. The highest BCUT2D eigenvalue weighted by atomic mass is 79.9. The fourth-order valence-corrected chi connectivity index (χ4v) is 2.97. The van der Waals surface area contributed by atoms with Gasteiger partial charge in [0.25, 0.3) is 11.6 Å². The molecule has 0 aliphatic carbocycles. The number of aromatic hydroxyl groups is 1. The number of aromatic amines is 1. The number of carbonyl (C=O) groups is 1. The summed E-state index contributed by atoms with van der Waals surface area (Å²) in [5.41, 5.74) is 1.55. The van der Waals surface area contributed by atoms with E-state index in [2.05, 4.69) is 31.1 Å². The molecule has 0 unspecified atom stereocenters. The summed E-state index contributed by atoms with van der Waals surface area (Å²) >= 11 is 3.29. The van der Waals surface area contributed by atoms with E-state index in [1.807, 2.05) is 6.92 Å². The Morgan fingerprint density at radius 3 is 2.72 bits per heavy atom. The normalized spacial score (nSPS) is 11.3. The molecular weight excluding hydrogens is 392 g/mol. The van der Waals surface area contributed by atoms with Crippen LogP contribution in [0.1, 0.15) is 15.9 Å². The number of amides is 1. The number of azo groups is 1. The van der Waals surface area contributed by atoms with Gasteiger partial charge in [0.1, 0.15) is 0 Å². The van der Waals surface area contributed by atoms with Crippen molar-refractivity contribution in [3.05, 3.63) is 62.1 Å². The number of non-ortho nitro benzene ring substituents is 1. The number of H-pyrrole nitrogens is 1. The fourth-order valence-electron chi connectivity index (χ4n) is 2.31. The highest BCUT2D eigenvalue weighted by molar-refractivity contribution is 9.10. The molecule has 1 heterocycles. The van der Waals surface area contributed by atoms with E-state index in [4.69, 9.17) is 0 Å². The Balaban J connectivity index is 2.00. The van der Waals surface area contributed by atoms with E-state index < -0.39 is 10.8 Å². The molecule has 0 aliphatic heterocycles. The first-order valence-corrected chi connectivity index (χ1v) is 7.87. The average Bonchev–Trinajstić information content (AvgIpc) is 2.87. The Hall–Kier alpha value is -3.07. The van der Waals surface area contributed by atoms with Crippen molar-refractivity contribution in [1.82, 2.24) is 4.98 Å². The third-order valence-corrected chi connectivity index (χ3v) is 4.20. The van der Waals surface area contributed by atoms with Crippen LogP contribution in [0.2, 0.25) is 0 Å². The number of nitro groups is 1. The maximum absolute atomic E-state index is 12.2. The van der Waals surface area contributed by atoms with E-state index in [-0.39, 0.29) is 17.3 Å². The number of nitro benzene ring substituents is 1. The summed E-state index contributed by atoms with van der Waals surface area (Å²) in [4.78, 5) is 25.2. The van der Waals surface area contributed by atoms with Crippen LogP contribution in [0, 0.1) is 17.0 Å². The maximum Gasteiger partial charge on any atom is 0.296 e. The van der Waals surface area contributed by atoms with Crippen molar-refractivity contribution >= 4 is 44.1 Å². The van der Waals surface area contributed by atoms with Gasteiger partial charge >= 0.3 is 0 Å². The summed E-state index contributed by atoms with van der Waals surface area (Å²) < 4.78 is 0.579. The van der Waals surface area contributed by atoms with E-state index in [0.717, 1.165) is 5.56 Å². The largest absolute Gasteiger partial charge is 0.493 e.